The summed E-state index contributed by atoms with van der Waals surface area (Å²) in [7, 11) is 2.82. The minimum atomic E-state index is -0.169. The molecule has 2 unspecified atom stereocenters. The fraction of sp³-hybridized carbons (Fsp3) is 0.833. The monoisotopic (exact) mass is 226 g/mol. The SMILES string of the molecule is COC(=O)C1CC(C(=O)OC)C1C1CCC1. The molecule has 0 bridgehead atoms. The molecule has 0 heterocycles. The molecule has 0 radical (unpaired) electrons. The number of methoxy groups -OCH3 is 2. The van der Waals surface area contributed by atoms with Gasteiger partial charge in [-0.1, -0.05) is 19.3 Å². The lowest BCUT2D eigenvalue weighted by Crippen LogP contribution is -2.51. The third kappa shape index (κ3) is 1.70. The second kappa shape index (κ2) is 4.44. The molecule has 0 spiro atoms. The molecule has 2 rings (SSSR count). The molecule has 0 saturated heterocycles. The van der Waals surface area contributed by atoms with Crippen LogP contribution in [0.15, 0.2) is 0 Å². The van der Waals surface area contributed by atoms with Crippen molar-refractivity contribution in [3.05, 3.63) is 0 Å². The van der Waals surface area contributed by atoms with Gasteiger partial charge in [-0.15, -0.1) is 0 Å². The Kier molecular flexibility index (Phi) is 3.17. The Morgan fingerprint density at radius 1 is 1.00 bits per heavy atom. The van der Waals surface area contributed by atoms with E-state index < -0.39 is 0 Å². The van der Waals surface area contributed by atoms with E-state index in [-0.39, 0.29) is 29.7 Å². The number of carbonyl (C=O) groups is 2. The molecular weight excluding hydrogens is 208 g/mol. The average molecular weight is 226 g/mol. The highest BCUT2D eigenvalue weighted by atomic mass is 16.5. The lowest BCUT2D eigenvalue weighted by molar-refractivity contribution is -0.171. The second-order valence-corrected chi connectivity index (χ2v) is 4.76. The Labute approximate surface area is 95.3 Å². The first kappa shape index (κ1) is 11.4. The van der Waals surface area contributed by atoms with Crippen molar-refractivity contribution in [3.8, 4) is 0 Å². The number of hydrogen-bond donors (Lipinski definition) is 0. The van der Waals surface area contributed by atoms with Gasteiger partial charge in [-0.25, -0.2) is 0 Å². The number of carbonyl (C=O) groups excluding carboxylic acids is 2. The first-order valence-electron chi connectivity index (χ1n) is 5.84. The molecule has 90 valence electrons. The van der Waals surface area contributed by atoms with E-state index >= 15 is 0 Å². The van der Waals surface area contributed by atoms with Crippen LogP contribution in [0, 0.1) is 23.7 Å². The van der Waals surface area contributed by atoms with Crippen LogP contribution in [0.3, 0.4) is 0 Å². The fourth-order valence-electron chi connectivity index (χ4n) is 2.96. The third-order valence-electron chi connectivity index (χ3n) is 4.14. The summed E-state index contributed by atoms with van der Waals surface area (Å²) in [6.45, 7) is 0. The molecule has 2 aliphatic carbocycles. The minimum Gasteiger partial charge on any atom is -0.469 e. The zero-order valence-electron chi connectivity index (χ0n) is 9.77. The zero-order valence-corrected chi connectivity index (χ0v) is 9.77. The number of esters is 2. The molecule has 16 heavy (non-hydrogen) atoms. The molecule has 2 aliphatic rings. The standard InChI is InChI=1S/C12H18O4/c1-15-11(13)8-6-9(12(14)16-2)10(8)7-4-3-5-7/h7-10H,3-6H2,1-2H3. The smallest absolute Gasteiger partial charge is 0.308 e. The maximum Gasteiger partial charge on any atom is 0.308 e. The van der Waals surface area contributed by atoms with Crippen LogP contribution in [-0.4, -0.2) is 26.2 Å². The predicted octanol–water partition coefficient (Wildman–Crippen LogP) is 1.38. The topological polar surface area (TPSA) is 52.6 Å². The Morgan fingerprint density at radius 3 is 1.81 bits per heavy atom. The summed E-state index contributed by atoms with van der Waals surface area (Å²) in [6.07, 6.45) is 4.07. The summed E-state index contributed by atoms with van der Waals surface area (Å²) in [5.74, 6) is 0.170. The maximum atomic E-state index is 11.5. The molecule has 0 N–H and O–H groups in total. The normalized spacial score (nSPS) is 33.5. The lowest BCUT2D eigenvalue weighted by Gasteiger charge is -2.48. The van der Waals surface area contributed by atoms with E-state index in [0.29, 0.717) is 12.3 Å². The molecule has 2 fully saturated rings. The minimum absolute atomic E-state index is 0.0839. The van der Waals surface area contributed by atoms with E-state index in [2.05, 4.69) is 0 Å². The predicted molar refractivity (Wildman–Crippen MR) is 56.5 cm³/mol. The van der Waals surface area contributed by atoms with E-state index in [1.807, 2.05) is 0 Å². The van der Waals surface area contributed by atoms with Gasteiger partial charge >= 0.3 is 11.9 Å². The molecule has 0 aromatic rings. The van der Waals surface area contributed by atoms with Crippen molar-refractivity contribution in [2.45, 2.75) is 25.7 Å². The van der Waals surface area contributed by atoms with Crippen molar-refractivity contribution in [2.24, 2.45) is 23.7 Å². The van der Waals surface area contributed by atoms with Crippen LogP contribution in [0.4, 0.5) is 0 Å². The van der Waals surface area contributed by atoms with Gasteiger partial charge < -0.3 is 9.47 Å². The lowest BCUT2D eigenvalue weighted by atomic mass is 9.55. The maximum absolute atomic E-state index is 11.5. The summed E-state index contributed by atoms with van der Waals surface area (Å²) < 4.78 is 9.55. The van der Waals surface area contributed by atoms with Gasteiger partial charge in [0.25, 0.3) is 0 Å². The van der Waals surface area contributed by atoms with Crippen LogP contribution >= 0.6 is 0 Å². The molecule has 0 amide bonds. The van der Waals surface area contributed by atoms with Crippen molar-refractivity contribution in [1.29, 1.82) is 0 Å². The molecule has 0 aromatic heterocycles. The average Bonchev–Trinajstić information content (AvgIpc) is 2.20. The zero-order chi connectivity index (χ0) is 11.7. The van der Waals surface area contributed by atoms with Gasteiger partial charge in [-0.05, 0) is 18.3 Å². The van der Waals surface area contributed by atoms with E-state index in [1.165, 1.54) is 20.6 Å². The van der Waals surface area contributed by atoms with Gasteiger partial charge in [0.05, 0.1) is 26.1 Å². The summed E-state index contributed by atoms with van der Waals surface area (Å²) in [4.78, 5) is 23.1. The first-order valence-corrected chi connectivity index (χ1v) is 5.84. The van der Waals surface area contributed by atoms with Gasteiger partial charge in [0.1, 0.15) is 0 Å². The fourth-order valence-corrected chi connectivity index (χ4v) is 2.96. The Morgan fingerprint density at radius 2 is 1.50 bits per heavy atom. The highest BCUT2D eigenvalue weighted by Gasteiger charge is 2.54. The highest BCUT2D eigenvalue weighted by molar-refractivity contribution is 5.80. The van der Waals surface area contributed by atoms with Gasteiger partial charge in [-0.3, -0.25) is 9.59 Å². The van der Waals surface area contributed by atoms with Crippen LogP contribution in [0.2, 0.25) is 0 Å². The van der Waals surface area contributed by atoms with Gasteiger partial charge in [0.2, 0.25) is 0 Å². The van der Waals surface area contributed by atoms with E-state index in [4.69, 9.17) is 9.47 Å². The largest absolute Gasteiger partial charge is 0.469 e. The second-order valence-electron chi connectivity index (χ2n) is 4.76. The van der Waals surface area contributed by atoms with Crippen molar-refractivity contribution >= 4 is 11.9 Å². The summed E-state index contributed by atoms with van der Waals surface area (Å²) in [5, 5.41) is 0. The quantitative estimate of drug-likeness (QED) is 0.682. The van der Waals surface area contributed by atoms with Crippen molar-refractivity contribution < 1.29 is 19.1 Å². The Balaban J connectivity index is 2.03. The van der Waals surface area contributed by atoms with Crippen LogP contribution < -0.4 is 0 Å². The first-order chi connectivity index (χ1) is 7.69. The summed E-state index contributed by atoms with van der Waals surface area (Å²) in [6, 6.07) is 0. The van der Waals surface area contributed by atoms with Crippen LogP contribution in [0.25, 0.3) is 0 Å². The molecule has 2 atom stereocenters. The van der Waals surface area contributed by atoms with Crippen molar-refractivity contribution in [3.63, 3.8) is 0 Å². The van der Waals surface area contributed by atoms with Crippen LogP contribution in [0.5, 0.6) is 0 Å². The molecule has 4 nitrogen and oxygen atoms in total. The van der Waals surface area contributed by atoms with Crippen molar-refractivity contribution in [1.82, 2.24) is 0 Å². The van der Waals surface area contributed by atoms with Gasteiger partial charge in [0, 0.05) is 0 Å². The molecule has 0 aromatic carbocycles. The third-order valence-corrected chi connectivity index (χ3v) is 4.14. The number of hydrogen-bond acceptors (Lipinski definition) is 4. The Hall–Kier alpha value is -1.06. The van der Waals surface area contributed by atoms with Crippen molar-refractivity contribution in [2.75, 3.05) is 14.2 Å². The molecule has 2 saturated carbocycles. The van der Waals surface area contributed by atoms with E-state index in [1.54, 1.807) is 0 Å². The van der Waals surface area contributed by atoms with E-state index in [0.717, 1.165) is 12.8 Å². The van der Waals surface area contributed by atoms with Gasteiger partial charge in [0.15, 0.2) is 0 Å². The summed E-state index contributed by atoms with van der Waals surface area (Å²) in [5.41, 5.74) is 0. The number of ether oxygens (including phenoxy) is 2. The van der Waals surface area contributed by atoms with Crippen LogP contribution in [0.1, 0.15) is 25.7 Å². The highest BCUT2D eigenvalue weighted by Crippen LogP contribution is 2.52. The molecule has 4 heteroatoms. The summed E-state index contributed by atoms with van der Waals surface area (Å²) >= 11 is 0. The van der Waals surface area contributed by atoms with E-state index in [9.17, 15) is 9.59 Å². The van der Waals surface area contributed by atoms with Crippen LogP contribution in [-0.2, 0) is 19.1 Å². The molecule has 0 aliphatic heterocycles. The Bertz CT molecular complexity index is 273. The molecular formula is C12H18O4. The number of rotatable bonds is 3. The van der Waals surface area contributed by atoms with Gasteiger partial charge in [-0.2, -0.15) is 0 Å².